The number of nitrogens with one attached hydrogen (secondary N) is 1. The zero-order valence-corrected chi connectivity index (χ0v) is 13.8. The molecule has 120 valence electrons. The summed E-state index contributed by atoms with van der Waals surface area (Å²) in [6.07, 6.45) is 5.76. The van der Waals surface area contributed by atoms with E-state index in [1.807, 2.05) is 17.7 Å². The van der Waals surface area contributed by atoms with E-state index in [-0.39, 0.29) is 28.1 Å². The van der Waals surface area contributed by atoms with Crippen LogP contribution in [-0.2, 0) is 10.0 Å². The predicted octanol–water partition coefficient (Wildman–Crippen LogP) is 2.91. The van der Waals surface area contributed by atoms with Gasteiger partial charge in [0.1, 0.15) is 10.7 Å². The molecule has 22 heavy (non-hydrogen) atoms. The molecule has 0 saturated heterocycles. The second kappa shape index (κ2) is 6.76. The summed E-state index contributed by atoms with van der Waals surface area (Å²) in [5.41, 5.74) is 0.233. The lowest BCUT2D eigenvalue weighted by atomic mass is 10.2. The third-order valence-electron chi connectivity index (χ3n) is 3.39. The average molecular weight is 346 g/mol. The molecule has 0 radical (unpaired) electrons. The summed E-state index contributed by atoms with van der Waals surface area (Å²) < 4.78 is 42.2. The van der Waals surface area contributed by atoms with Crippen molar-refractivity contribution in [1.82, 2.24) is 14.3 Å². The van der Waals surface area contributed by atoms with Gasteiger partial charge < -0.3 is 4.57 Å². The Hall–Kier alpha value is -1.44. The second-order valence-corrected chi connectivity index (χ2v) is 7.22. The molecular weight excluding hydrogens is 329 g/mol. The largest absolute Gasteiger partial charge is 0.335 e. The number of imidazole rings is 1. The summed E-state index contributed by atoms with van der Waals surface area (Å²) in [6, 6.07) is 2.36. The van der Waals surface area contributed by atoms with Crippen molar-refractivity contribution in [3.63, 3.8) is 0 Å². The van der Waals surface area contributed by atoms with Crippen molar-refractivity contribution in [2.24, 2.45) is 0 Å². The molecule has 5 nitrogen and oxygen atoms in total. The summed E-state index contributed by atoms with van der Waals surface area (Å²) >= 11 is 5.84. The Bertz CT molecular complexity index is 748. The van der Waals surface area contributed by atoms with Crippen LogP contribution in [-0.4, -0.2) is 24.5 Å². The lowest BCUT2D eigenvalue weighted by molar-refractivity contribution is 0.499. The van der Waals surface area contributed by atoms with E-state index < -0.39 is 15.8 Å². The van der Waals surface area contributed by atoms with Crippen LogP contribution < -0.4 is 4.72 Å². The summed E-state index contributed by atoms with van der Waals surface area (Å²) in [5.74, 6) is -0.530. The molecule has 1 atom stereocenters. The number of benzene rings is 1. The van der Waals surface area contributed by atoms with E-state index in [4.69, 9.17) is 11.6 Å². The number of hydrogen-bond donors (Lipinski definition) is 1. The van der Waals surface area contributed by atoms with Gasteiger partial charge in [0.15, 0.2) is 0 Å². The van der Waals surface area contributed by atoms with Gasteiger partial charge in [-0.3, -0.25) is 0 Å². The normalized spacial score (nSPS) is 13.3. The minimum atomic E-state index is -3.77. The molecule has 0 spiro atoms. The molecule has 1 aromatic carbocycles. The summed E-state index contributed by atoms with van der Waals surface area (Å²) in [5, 5.41) is -0.127. The molecule has 2 rings (SSSR count). The van der Waals surface area contributed by atoms with Gasteiger partial charge in [-0.2, -0.15) is 0 Å². The van der Waals surface area contributed by atoms with Crippen molar-refractivity contribution in [3.05, 3.63) is 47.3 Å². The standard InChI is InChI=1S/C14H17ClFN3O2S/c1-10-7-14(12(15)8-13(10)16)22(20,21)18-4-3-11(2)19-6-5-17-9-19/h5-9,11,18H,3-4H2,1-2H3. The second-order valence-electron chi connectivity index (χ2n) is 5.08. The van der Waals surface area contributed by atoms with E-state index in [0.29, 0.717) is 6.42 Å². The molecule has 0 amide bonds. The van der Waals surface area contributed by atoms with Gasteiger partial charge in [0, 0.05) is 25.0 Å². The lowest BCUT2D eigenvalue weighted by Gasteiger charge is -2.14. The van der Waals surface area contributed by atoms with Gasteiger partial charge in [-0.25, -0.2) is 22.5 Å². The molecule has 0 aliphatic carbocycles. The molecule has 1 unspecified atom stereocenters. The first-order valence-electron chi connectivity index (χ1n) is 6.74. The number of nitrogens with zero attached hydrogens (tertiary/aromatic N) is 2. The van der Waals surface area contributed by atoms with E-state index in [1.165, 1.54) is 13.0 Å². The smallest absolute Gasteiger partial charge is 0.242 e. The first kappa shape index (κ1) is 16.9. The quantitative estimate of drug-likeness (QED) is 0.875. The van der Waals surface area contributed by atoms with Crippen LogP contribution in [0.1, 0.15) is 24.9 Å². The van der Waals surface area contributed by atoms with Crippen molar-refractivity contribution >= 4 is 21.6 Å². The Balaban J connectivity index is 2.04. The molecule has 1 N–H and O–H groups in total. The minimum absolute atomic E-state index is 0.107. The highest BCUT2D eigenvalue weighted by Gasteiger charge is 2.19. The summed E-state index contributed by atoms with van der Waals surface area (Å²) in [6.45, 7) is 3.70. The van der Waals surface area contributed by atoms with E-state index in [2.05, 4.69) is 9.71 Å². The van der Waals surface area contributed by atoms with E-state index in [9.17, 15) is 12.8 Å². The Morgan fingerprint density at radius 3 is 2.82 bits per heavy atom. The molecule has 0 aliphatic rings. The molecule has 1 aromatic heterocycles. The van der Waals surface area contributed by atoms with Crippen molar-refractivity contribution in [2.45, 2.75) is 31.2 Å². The third-order valence-corrected chi connectivity index (χ3v) is 5.32. The zero-order valence-electron chi connectivity index (χ0n) is 12.3. The minimum Gasteiger partial charge on any atom is -0.335 e. The van der Waals surface area contributed by atoms with Gasteiger partial charge in [-0.05, 0) is 38.0 Å². The lowest BCUT2D eigenvalue weighted by Crippen LogP contribution is -2.26. The van der Waals surface area contributed by atoms with Crippen molar-refractivity contribution in [2.75, 3.05) is 6.54 Å². The van der Waals surface area contributed by atoms with Crippen molar-refractivity contribution < 1.29 is 12.8 Å². The Morgan fingerprint density at radius 1 is 1.45 bits per heavy atom. The van der Waals surface area contributed by atoms with E-state index in [1.54, 1.807) is 12.5 Å². The Morgan fingerprint density at radius 2 is 2.18 bits per heavy atom. The monoisotopic (exact) mass is 345 g/mol. The van der Waals surface area contributed by atoms with Crippen LogP contribution in [0.4, 0.5) is 4.39 Å². The van der Waals surface area contributed by atoms with Gasteiger partial charge in [0.05, 0.1) is 11.3 Å². The number of rotatable bonds is 6. The van der Waals surface area contributed by atoms with Crippen molar-refractivity contribution in [1.29, 1.82) is 0 Å². The summed E-state index contributed by atoms with van der Waals surface area (Å²) in [7, 11) is -3.77. The van der Waals surface area contributed by atoms with Crippen LogP contribution in [0.5, 0.6) is 0 Å². The zero-order chi connectivity index (χ0) is 16.3. The van der Waals surface area contributed by atoms with Gasteiger partial charge in [0.25, 0.3) is 0 Å². The van der Waals surface area contributed by atoms with Gasteiger partial charge in [-0.1, -0.05) is 11.6 Å². The molecule has 0 bridgehead atoms. The Kier molecular flexibility index (Phi) is 5.20. The first-order valence-corrected chi connectivity index (χ1v) is 8.60. The number of hydrogen-bond acceptors (Lipinski definition) is 3. The topological polar surface area (TPSA) is 64.0 Å². The van der Waals surface area contributed by atoms with E-state index >= 15 is 0 Å². The van der Waals surface area contributed by atoms with Crippen LogP contribution in [0.3, 0.4) is 0 Å². The maximum atomic E-state index is 13.4. The summed E-state index contributed by atoms with van der Waals surface area (Å²) in [4.78, 5) is 3.84. The van der Waals surface area contributed by atoms with Crippen LogP contribution in [0.15, 0.2) is 35.7 Å². The molecule has 0 saturated carbocycles. The first-order chi connectivity index (χ1) is 10.3. The maximum absolute atomic E-state index is 13.4. The van der Waals surface area contributed by atoms with Gasteiger partial charge >= 0.3 is 0 Å². The highest BCUT2D eigenvalue weighted by Crippen LogP contribution is 2.24. The van der Waals surface area contributed by atoms with Gasteiger partial charge in [0.2, 0.25) is 10.0 Å². The SMILES string of the molecule is Cc1cc(S(=O)(=O)NCCC(C)n2ccnc2)c(Cl)cc1F. The third kappa shape index (κ3) is 3.85. The van der Waals surface area contributed by atoms with Crippen LogP contribution in [0, 0.1) is 12.7 Å². The molecule has 8 heteroatoms. The fraction of sp³-hybridized carbons (Fsp3) is 0.357. The van der Waals surface area contributed by atoms with Crippen LogP contribution in [0.25, 0.3) is 0 Å². The molecule has 1 heterocycles. The number of aryl methyl sites for hydroxylation is 1. The number of aromatic nitrogens is 2. The number of halogens is 2. The van der Waals surface area contributed by atoms with E-state index in [0.717, 1.165) is 6.07 Å². The molecule has 2 aromatic rings. The average Bonchev–Trinajstić information content (AvgIpc) is 2.96. The highest BCUT2D eigenvalue weighted by molar-refractivity contribution is 7.89. The molecule has 0 aliphatic heterocycles. The van der Waals surface area contributed by atoms with Crippen LogP contribution in [0.2, 0.25) is 5.02 Å². The molecular formula is C14H17ClFN3O2S. The maximum Gasteiger partial charge on any atom is 0.242 e. The Labute approximate surface area is 134 Å². The van der Waals surface area contributed by atoms with Crippen LogP contribution >= 0.6 is 11.6 Å². The highest BCUT2D eigenvalue weighted by atomic mass is 35.5. The fourth-order valence-electron chi connectivity index (χ4n) is 2.00. The number of sulfonamides is 1. The fourth-order valence-corrected chi connectivity index (χ4v) is 3.64. The van der Waals surface area contributed by atoms with Gasteiger partial charge in [-0.15, -0.1) is 0 Å². The predicted molar refractivity (Wildman–Crippen MR) is 82.9 cm³/mol. The molecule has 0 fully saturated rings. The van der Waals surface area contributed by atoms with Crippen molar-refractivity contribution in [3.8, 4) is 0 Å².